The molecule has 4 amide bonds. The average Bonchev–Trinajstić information content (AvgIpc) is 3.56. The summed E-state index contributed by atoms with van der Waals surface area (Å²) in [5.74, 6) is -0.686. The molecule has 54 heavy (non-hydrogen) atoms. The maximum Gasteiger partial charge on any atom is 0.242 e. The van der Waals surface area contributed by atoms with Crippen LogP contribution in [0.25, 0.3) is 0 Å². The largest absolute Gasteiger partial charge is 0.386 e. The van der Waals surface area contributed by atoms with Crippen LogP contribution in [0.1, 0.15) is 99.7 Å². The molecule has 2 fully saturated rings. The lowest BCUT2D eigenvalue weighted by molar-refractivity contribution is -0.147. The molecule has 1 aliphatic carbocycles. The van der Waals surface area contributed by atoms with Crippen LogP contribution in [0, 0.1) is 29.6 Å². The number of nitrogens with zero attached hydrogens (tertiary/aromatic N) is 3. The van der Waals surface area contributed by atoms with E-state index >= 15 is 0 Å². The highest BCUT2D eigenvalue weighted by molar-refractivity contribution is 5.88. The second kappa shape index (κ2) is 21.9. The summed E-state index contributed by atoms with van der Waals surface area (Å²) < 4.78 is 12.0. The number of hydrogen-bond donors (Lipinski definition) is 3. The topological polar surface area (TPSA) is 141 Å². The average molecular weight is 760 g/mol. The standard InChI is InChI=1S/C39H65N5O7.C3H8/c1-13-23(4)34(43(10)32(46)21-40-39(49)33(22(2)3)42(8)9)30(50-11)20-31(45)44-29(19-28-24(5)35(28)44)37(51-12)25(6)38(48)41-26(7)36(47)27-17-15-14-16-18-27;1-3-2/h14-18,22-26,28-30,33-37,47H,13,19-21H2,1-12H3,(H,40,49)(H,41,48);3H2,1-2H3. The molecule has 0 aromatic heterocycles. The van der Waals surface area contributed by atoms with Gasteiger partial charge < -0.3 is 35.0 Å². The predicted molar refractivity (Wildman–Crippen MR) is 213 cm³/mol. The number of amides is 4. The van der Waals surface area contributed by atoms with Gasteiger partial charge in [0.2, 0.25) is 23.6 Å². The van der Waals surface area contributed by atoms with Crippen molar-refractivity contribution in [3.8, 4) is 0 Å². The van der Waals surface area contributed by atoms with E-state index in [4.69, 9.17) is 9.47 Å². The van der Waals surface area contributed by atoms with Gasteiger partial charge in [-0.25, -0.2) is 0 Å². The highest BCUT2D eigenvalue weighted by Gasteiger charge is 2.62. The lowest BCUT2D eigenvalue weighted by Gasteiger charge is -2.40. The molecule has 12 heteroatoms. The predicted octanol–water partition coefficient (Wildman–Crippen LogP) is 4.51. The van der Waals surface area contributed by atoms with Gasteiger partial charge in [-0.3, -0.25) is 24.1 Å². The molecule has 1 aromatic rings. The molecule has 2 aliphatic rings. The molecule has 1 saturated heterocycles. The van der Waals surface area contributed by atoms with Crippen molar-refractivity contribution in [2.45, 2.75) is 137 Å². The van der Waals surface area contributed by atoms with Crippen molar-refractivity contribution in [3.63, 3.8) is 0 Å². The van der Waals surface area contributed by atoms with Gasteiger partial charge in [-0.05, 0) is 56.7 Å². The van der Waals surface area contributed by atoms with Crippen molar-refractivity contribution < 1.29 is 33.8 Å². The van der Waals surface area contributed by atoms with Gasteiger partial charge in [-0.2, -0.15) is 0 Å². The van der Waals surface area contributed by atoms with E-state index < -0.39 is 36.3 Å². The number of piperidine rings is 1. The molecule has 308 valence electrons. The number of ether oxygens (including phenoxy) is 2. The van der Waals surface area contributed by atoms with Gasteiger partial charge in [0.1, 0.15) is 0 Å². The SMILES string of the molecule is CCC.CCC(C)C(C(CC(=O)N1C(C(OC)C(C)C(=O)NC(C)C(O)c2ccccc2)CC2C(C)C21)OC)N(C)C(=O)CNC(=O)C(C(C)C)N(C)C. The smallest absolute Gasteiger partial charge is 0.242 e. The number of aliphatic hydroxyl groups excluding tert-OH is 1. The van der Waals surface area contributed by atoms with Crippen LogP contribution in [0.2, 0.25) is 0 Å². The molecule has 12 atom stereocenters. The first-order valence-corrected chi connectivity index (χ1v) is 20.0. The third-order valence-electron chi connectivity index (χ3n) is 11.5. The summed E-state index contributed by atoms with van der Waals surface area (Å²) in [7, 11) is 8.54. The zero-order valence-electron chi connectivity index (χ0n) is 35.7. The Morgan fingerprint density at radius 2 is 1.54 bits per heavy atom. The first-order chi connectivity index (χ1) is 25.4. The van der Waals surface area contributed by atoms with E-state index in [0.29, 0.717) is 17.4 Å². The van der Waals surface area contributed by atoms with Gasteiger partial charge in [0.25, 0.3) is 0 Å². The van der Waals surface area contributed by atoms with Crippen LogP contribution in [0.5, 0.6) is 0 Å². The maximum atomic E-state index is 14.4. The second-order valence-corrected chi connectivity index (χ2v) is 16.2. The number of rotatable bonds is 19. The van der Waals surface area contributed by atoms with Crippen LogP contribution in [-0.4, -0.2) is 128 Å². The highest BCUT2D eigenvalue weighted by atomic mass is 16.5. The van der Waals surface area contributed by atoms with Gasteiger partial charge >= 0.3 is 0 Å². The Morgan fingerprint density at radius 1 is 0.944 bits per heavy atom. The molecule has 1 aliphatic heterocycles. The molecular weight excluding hydrogens is 686 g/mol. The minimum Gasteiger partial charge on any atom is -0.386 e. The number of hydrogen-bond acceptors (Lipinski definition) is 8. The van der Waals surface area contributed by atoms with Crippen LogP contribution >= 0.6 is 0 Å². The fourth-order valence-corrected chi connectivity index (χ4v) is 8.36. The molecule has 12 unspecified atom stereocenters. The molecule has 0 bridgehead atoms. The molecule has 1 saturated carbocycles. The first kappa shape index (κ1) is 47.1. The van der Waals surface area contributed by atoms with Crippen molar-refractivity contribution in [1.82, 2.24) is 25.3 Å². The van der Waals surface area contributed by atoms with Gasteiger partial charge in [0.05, 0.1) is 61.4 Å². The van der Waals surface area contributed by atoms with Crippen molar-refractivity contribution in [2.24, 2.45) is 29.6 Å². The summed E-state index contributed by atoms with van der Waals surface area (Å²) in [4.78, 5) is 59.8. The van der Waals surface area contributed by atoms with Gasteiger partial charge in [0, 0.05) is 27.3 Å². The van der Waals surface area contributed by atoms with E-state index in [0.717, 1.165) is 12.8 Å². The molecule has 1 aromatic carbocycles. The van der Waals surface area contributed by atoms with E-state index in [1.807, 2.05) is 81.9 Å². The van der Waals surface area contributed by atoms with Gasteiger partial charge in [0.15, 0.2) is 0 Å². The summed E-state index contributed by atoms with van der Waals surface area (Å²) in [6.07, 6.45) is 0.745. The summed E-state index contributed by atoms with van der Waals surface area (Å²) in [5.41, 5.74) is 0.715. The molecule has 1 heterocycles. The highest BCUT2D eigenvalue weighted by Crippen LogP contribution is 2.54. The second-order valence-electron chi connectivity index (χ2n) is 16.2. The summed E-state index contributed by atoms with van der Waals surface area (Å²) >= 11 is 0. The first-order valence-electron chi connectivity index (χ1n) is 20.0. The molecule has 0 radical (unpaired) electrons. The Labute approximate surface area is 326 Å². The zero-order chi connectivity index (χ0) is 41.0. The maximum absolute atomic E-state index is 14.4. The van der Waals surface area contributed by atoms with Gasteiger partial charge in [-0.1, -0.05) is 98.6 Å². The fraction of sp³-hybridized carbons (Fsp3) is 0.762. The summed E-state index contributed by atoms with van der Waals surface area (Å²) in [6.45, 7) is 17.8. The van der Waals surface area contributed by atoms with E-state index in [2.05, 4.69) is 31.4 Å². The number of likely N-dealkylation sites (N-methyl/N-ethyl adjacent to an activating group) is 2. The van der Waals surface area contributed by atoms with E-state index in [-0.39, 0.29) is 66.6 Å². The lowest BCUT2D eigenvalue weighted by atomic mass is 9.89. The quantitative estimate of drug-likeness (QED) is 0.187. The fourth-order valence-electron chi connectivity index (χ4n) is 8.36. The van der Waals surface area contributed by atoms with Crippen molar-refractivity contribution in [2.75, 3.05) is 41.9 Å². The monoisotopic (exact) mass is 760 g/mol. The number of benzene rings is 1. The Hall–Kier alpha value is -3.06. The number of carbonyl (C=O) groups excluding carboxylic acids is 4. The van der Waals surface area contributed by atoms with Crippen LogP contribution < -0.4 is 10.6 Å². The van der Waals surface area contributed by atoms with Crippen LogP contribution in [-0.2, 0) is 28.7 Å². The molecule has 0 spiro atoms. The summed E-state index contributed by atoms with van der Waals surface area (Å²) in [6, 6.07) is 7.62. The number of methoxy groups -OCH3 is 2. The Balaban J connectivity index is 0.00000325. The number of nitrogens with one attached hydrogen (secondary N) is 2. The Kier molecular flexibility index (Phi) is 19.1. The third kappa shape index (κ3) is 11.7. The number of fused-ring (bicyclic) bond motifs is 1. The van der Waals surface area contributed by atoms with E-state index in [1.54, 1.807) is 40.0 Å². The molecule has 3 rings (SSSR count). The lowest BCUT2D eigenvalue weighted by Crippen LogP contribution is -2.56. The third-order valence-corrected chi connectivity index (χ3v) is 11.5. The van der Waals surface area contributed by atoms with Crippen molar-refractivity contribution in [1.29, 1.82) is 0 Å². The Bertz CT molecular complexity index is 1320. The molecular formula is C42H73N5O7. The van der Waals surface area contributed by atoms with Crippen molar-refractivity contribution in [3.05, 3.63) is 35.9 Å². The van der Waals surface area contributed by atoms with Crippen LogP contribution in [0.15, 0.2) is 30.3 Å². The van der Waals surface area contributed by atoms with Crippen molar-refractivity contribution >= 4 is 23.6 Å². The number of likely N-dealkylation sites (tertiary alicyclic amines) is 1. The van der Waals surface area contributed by atoms with E-state index in [1.165, 1.54) is 6.42 Å². The van der Waals surface area contributed by atoms with Crippen LogP contribution in [0.3, 0.4) is 0 Å². The van der Waals surface area contributed by atoms with Crippen LogP contribution in [0.4, 0.5) is 0 Å². The summed E-state index contributed by atoms with van der Waals surface area (Å²) in [5, 5.41) is 16.6. The number of carbonyl (C=O) groups is 4. The zero-order valence-corrected chi connectivity index (χ0v) is 35.7. The van der Waals surface area contributed by atoms with E-state index in [9.17, 15) is 24.3 Å². The normalized spacial score (nSPS) is 23.5. The van der Waals surface area contributed by atoms with Gasteiger partial charge in [-0.15, -0.1) is 0 Å². The minimum absolute atomic E-state index is 0.00299. The molecule has 3 N–H and O–H groups in total. The minimum atomic E-state index is -0.873. The number of aliphatic hydroxyl groups is 1. The Morgan fingerprint density at radius 3 is 2.04 bits per heavy atom. The molecule has 12 nitrogen and oxygen atoms in total.